The Morgan fingerprint density at radius 1 is 1.64 bits per heavy atom. The van der Waals surface area contributed by atoms with E-state index >= 15 is 0 Å². The molecule has 1 rings (SSSR count). The standard InChI is InChI=1S/C11H10BrNO/c1-3-7-13-11(14)10-8(2)5-4-6-9(10)12/h1,4-6H,7H2,2H3,(H,13,14). The topological polar surface area (TPSA) is 29.1 Å². The van der Waals surface area contributed by atoms with Crippen LogP contribution in [-0.2, 0) is 0 Å². The highest BCUT2D eigenvalue weighted by atomic mass is 79.9. The zero-order valence-electron chi connectivity index (χ0n) is 7.80. The van der Waals surface area contributed by atoms with Crippen LogP contribution in [0.25, 0.3) is 0 Å². The highest BCUT2D eigenvalue weighted by Gasteiger charge is 2.11. The second-order valence-corrected chi connectivity index (χ2v) is 3.67. The van der Waals surface area contributed by atoms with Crippen LogP contribution < -0.4 is 5.32 Å². The first kappa shape index (κ1) is 10.8. The number of hydrogen-bond acceptors (Lipinski definition) is 1. The van der Waals surface area contributed by atoms with Gasteiger partial charge in [0.1, 0.15) is 0 Å². The normalized spacial score (nSPS) is 9.21. The van der Waals surface area contributed by atoms with E-state index in [1.54, 1.807) is 0 Å². The van der Waals surface area contributed by atoms with Crippen molar-refractivity contribution in [2.75, 3.05) is 6.54 Å². The van der Waals surface area contributed by atoms with Crippen molar-refractivity contribution in [2.45, 2.75) is 6.92 Å². The van der Waals surface area contributed by atoms with Gasteiger partial charge in [0.15, 0.2) is 0 Å². The van der Waals surface area contributed by atoms with Crippen molar-refractivity contribution in [1.82, 2.24) is 5.32 Å². The van der Waals surface area contributed by atoms with E-state index < -0.39 is 0 Å². The van der Waals surface area contributed by atoms with Gasteiger partial charge in [0, 0.05) is 4.47 Å². The first-order valence-corrected chi connectivity index (χ1v) is 4.93. The number of terminal acetylenes is 1. The molecule has 1 aromatic carbocycles. The maximum absolute atomic E-state index is 11.6. The fraction of sp³-hybridized carbons (Fsp3) is 0.182. The molecule has 0 aliphatic carbocycles. The minimum absolute atomic E-state index is 0.145. The highest BCUT2D eigenvalue weighted by Crippen LogP contribution is 2.19. The maximum atomic E-state index is 11.6. The van der Waals surface area contributed by atoms with Crippen LogP contribution in [0, 0.1) is 19.3 Å². The van der Waals surface area contributed by atoms with Crippen LogP contribution in [0.1, 0.15) is 15.9 Å². The lowest BCUT2D eigenvalue weighted by atomic mass is 10.1. The Hall–Kier alpha value is -1.27. The van der Waals surface area contributed by atoms with Crippen LogP contribution in [0.15, 0.2) is 22.7 Å². The summed E-state index contributed by atoms with van der Waals surface area (Å²) >= 11 is 3.33. The quantitative estimate of drug-likeness (QED) is 0.802. The molecular weight excluding hydrogens is 242 g/mol. The van der Waals surface area contributed by atoms with E-state index in [1.807, 2.05) is 25.1 Å². The molecule has 0 heterocycles. The van der Waals surface area contributed by atoms with E-state index in [1.165, 1.54) is 0 Å². The Morgan fingerprint density at radius 3 is 2.93 bits per heavy atom. The molecule has 2 nitrogen and oxygen atoms in total. The Bertz CT molecular complexity index is 373. The number of amides is 1. The fourth-order valence-electron chi connectivity index (χ4n) is 1.14. The number of nitrogens with one attached hydrogen (secondary N) is 1. The first-order valence-electron chi connectivity index (χ1n) is 4.13. The molecule has 0 radical (unpaired) electrons. The SMILES string of the molecule is C#CCNC(=O)c1c(C)cccc1Br. The molecule has 0 saturated heterocycles. The summed E-state index contributed by atoms with van der Waals surface area (Å²) in [7, 11) is 0. The van der Waals surface area contributed by atoms with Crippen LogP contribution >= 0.6 is 15.9 Å². The Balaban J connectivity index is 2.95. The van der Waals surface area contributed by atoms with Gasteiger partial charge < -0.3 is 5.32 Å². The third-order valence-corrected chi connectivity index (χ3v) is 2.46. The smallest absolute Gasteiger partial charge is 0.253 e. The molecule has 0 bridgehead atoms. The highest BCUT2D eigenvalue weighted by molar-refractivity contribution is 9.10. The summed E-state index contributed by atoms with van der Waals surface area (Å²) < 4.78 is 0.784. The van der Waals surface area contributed by atoms with E-state index in [4.69, 9.17) is 6.42 Å². The van der Waals surface area contributed by atoms with Crippen LogP contribution in [0.5, 0.6) is 0 Å². The zero-order valence-corrected chi connectivity index (χ0v) is 9.39. The molecule has 0 unspecified atom stereocenters. The molecule has 0 aromatic heterocycles. The maximum Gasteiger partial charge on any atom is 0.253 e. The van der Waals surface area contributed by atoms with Crippen molar-refractivity contribution in [2.24, 2.45) is 0 Å². The molecule has 0 spiro atoms. The number of hydrogen-bond donors (Lipinski definition) is 1. The fourth-order valence-corrected chi connectivity index (χ4v) is 1.78. The first-order chi connectivity index (χ1) is 6.66. The van der Waals surface area contributed by atoms with Crippen molar-refractivity contribution in [3.05, 3.63) is 33.8 Å². The number of aryl methyl sites for hydroxylation is 1. The Morgan fingerprint density at radius 2 is 2.36 bits per heavy atom. The molecule has 0 fully saturated rings. The summed E-state index contributed by atoms with van der Waals surface area (Å²) in [6, 6.07) is 5.60. The van der Waals surface area contributed by atoms with E-state index in [2.05, 4.69) is 27.2 Å². The van der Waals surface area contributed by atoms with Crippen molar-refractivity contribution < 1.29 is 4.79 Å². The zero-order chi connectivity index (χ0) is 10.6. The third-order valence-electron chi connectivity index (χ3n) is 1.80. The van der Waals surface area contributed by atoms with E-state index in [0.29, 0.717) is 5.56 Å². The average molecular weight is 252 g/mol. The van der Waals surface area contributed by atoms with E-state index in [-0.39, 0.29) is 12.5 Å². The number of carbonyl (C=O) groups excluding carboxylic acids is 1. The van der Waals surface area contributed by atoms with Crippen molar-refractivity contribution in [3.63, 3.8) is 0 Å². The molecule has 14 heavy (non-hydrogen) atoms. The van der Waals surface area contributed by atoms with Crippen LogP contribution in [0.2, 0.25) is 0 Å². The molecule has 0 aliphatic rings. The molecule has 0 saturated carbocycles. The Labute approximate surface area is 91.8 Å². The number of carbonyl (C=O) groups is 1. The van der Waals surface area contributed by atoms with Gasteiger partial charge in [-0.2, -0.15) is 0 Å². The van der Waals surface area contributed by atoms with Gasteiger partial charge in [-0.05, 0) is 34.5 Å². The minimum Gasteiger partial charge on any atom is -0.341 e. The van der Waals surface area contributed by atoms with E-state index in [0.717, 1.165) is 10.0 Å². The molecule has 3 heteroatoms. The largest absolute Gasteiger partial charge is 0.341 e. The van der Waals surface area contributed by atoms with Gasteiger partial charge in [-0.25, -0.2) is 0 Å². The van der Waals surface area contributed by atoms with Gasteiger partial charge in [-0.1, -0.05) is 18.1 Å². The second-order valence-electron chi connectivity index (χ2n) is 2.82. The molecular formula is C11H10BrNO. The van der Waals surface area contributed by atoms with Crippen molar-refractivity contribution >= 4 is 21.8 Å². The summed E-state index contributed by atoms with van der Waals surface area (Å²) in [6.45, 7) is 2.13. The van der Waals surface area contributed by atoms with Gasteiger partial charge >= 0.3 is 0 Å². The van der Waals surface area contributed by atoms with Gasteiger partial charge in [-0.15, -0.1) is 6.42 Å². The van der Waals surface area contributed by atoms with E-state index in [9.17, 15) is 4.79 Å². The number of rotatable bonds is 2. The summed E-state index contributed by atoms with van der Waals surface area (Å²) in [5.41, 5.74) is 1.57. The molecule has 72 valence electrons. The average Bonchev–Trinajstić information content (AvgIpc) is 2.14. The minimum atomic E-state index is -0.145. The Kier molecular flexibility index (Phi) is 3.73. The molecule has 1 aromatic rings. The lowest BCUT2D eigenvalue weighted by molar-refractivity contribution is 0.0957. The lowest BCUT2D eigenvalue weighted by Crippen LogP contribution is -2.24. The number of benzene rings is 1. The monoisotopic (exact) mass is 251 g/mol. The van der Waals surface area contributed by atoms with Crippen LogP contribution in [0.4, 0.5) is 0 Å². The lowest BCUT2D eigenvalue weighted by Gasteiger charge is -2.07. The van der Waals surface area contributed by atoms with Crippen LogP contribution in [0.3, 0.4) is 0 Å². The summed E-state index contributed by atoms with van der Waals surface area (Å²) in [5.74, 6) is 2.21. The second kappa shape index (κ2) is 4.83. The van der Waals surface area contributed by atoms with Crippen molar-refractivity contribution in [1.29, 1.82) is 0 Å². The van der Waals surface area contributed by atoms with Gasteiger partial charge in [0.25, 0.3) is 5.91 Å². The third kappa shape index (κ3) is 2.36. The summed E-state index contributed by atoms with van der Waals surface area (Å²) in [5, 5.41) is 2.63. The molecule has 0 atom stereocenters. The summed E-state index contributed by atoms with van der Waals surface area (Å²) in [4.78, 5) is 11.6. The molecule has 1 amide bonds. The van der Waals surface area contributed by atoms with Crippen LogP contribution in [-0.4, -0.2) is 12.5 Å². The molecule has 1 N–H and O–H groups in total. The van der Waals surface area contributed by atoms with Gasteiger partial charge in [0.05, 0.1) is 12.1 Å². The predicted octanol–water partition coefficient (Wildman–Crippen LogP) is 2.12. The van der Waals surface area contributed by atoms with Gasteiger partial charge in [0.2, 0.25) is 0 Å². The number of halogens is 1. The van der Waals surface area contributed by atoms with Gasteiger partial charge in [-0.3, -0.25) is 4.79 Å². The summed E-state index contributed by atoms with van der Waals surface area (Å²) in [6.07, 6.45) is 5.05. The van der Waals surface area contributed by atoms with Crippen molar-refractivity contribution in [3.8, 4) is 12.3 Å². The molecule has 0 aliphatic heterocycles. The predicted molar refractivity (Wildman–Crippen MR) is 60.0 cm³/mol.